The SMILES string of the molecule is C[C@H]1C=CC=CC=CC=CC=CC=CC=C[C@H](O[C@@H]2O[C@H](C)[C@@H](O)[C@H](N)[C@@H]2O)C[C@H](O)[C@H](C(=O)O)[C@@H](O)CC(=O)C[C@@H](O)C[C@@H](O)C[C@@H](O)CC(=O)CCCC(O)CC(=O)O[C@@H]1[C@@H](C)C[C@H](C)[C@@H](O)CC(=O)c1ccc(N)cc1. The van der Waals surface area contributed by atoms with E-state index in [1.54, 1.807) is 91.1 Å². The van der Waals surface area contributed by atoms with E-state index in [1.807, 2.05) is 26.8 Å². The third kappa shape index (κ3) is 25.3. The second-order valence-corrected chi connectivity index (χ2v) is 21.1. The van der Waals surface area contributed by atoms with Crippen molar-refractivity contribution >= 4 is 35.0 Å². The molecule has 1 aromatic rings. The van der Waals surface area contributed by atoms with Gasteiger partial charge in [0.25, 0.3) is 0 Å². The lowest BCUT2D eigenvalue weighted by Crippen LogP contribution is -2.61. The van der Waals surface area contributed by atoms with Crippen molar-refractivity contribution in [2.75, 3.05) is 5.73 Å². The molecule has 2 heterocycles. The molecule has 20 heteroatoms. The zero-order valence-electron chi connectivity index (χ0n) is 45.7. The van der Waals surface area contributed by atoms with E-state index in [1.165, 1.54) is 19.1 Å². The number of ether oxygens (including phenoxy) is 3. The Bertz CT molecular complexity index is 2260. The maximum absolute atomic E-state index is 13.3. The number of carboxylic acids is 1. The molecule has 18 atom stereocenters. The highest BCUT2D eigenvalue weighted by molar-refractivity contribution is 5.96. The number of anilines is 1. The summed E-state index contributed by atoms with van der Waals surface area (Å²) < 4.78 is 17.6. The van der Waals surface area contributed by atoms with Gasteiger partial charge in [-0.05, 0) is 75.1 Å². The van der Waals surface area contributed by atoms with Crippen molar-refractivity contribution in [1.29, 1.82) is 0 Å². The summed E-state index contributed by atoms with van der Waals surface area (Å²) in [5, 5.41) is 107. The lowest BCUT2D eigenvalue weighted by molar-refractivity contribution is -0.277. The van der Waals surface area contributed by atoms with Crippen molar-refractivity contribution in [3.05, 3.63) is 115 Å². The number of aliphatic carboxylic acids is 1. The van der Waals surface area contributed by atoms with E-state index in [2.05, 4.69) is 0 Å². The van der Waals surface area contributed by atoms with Gasteiger partial charge in [0.2, 0.25) is 0 Å². The second-order valence-electron chi connectivity index (χ2n) is 21.1. The highest BCUT2D eigenvalue weighted by Crippen LogP contribution is 2.29. The molecular weight excluding hydrogens is 1020 g/mol. The van der Waals surface area contributed by atoms with Gasteiger partial charge >= 0.3 is 11.9 Å². The lowest BCUT2D eigenvalue weighted by atomic mass is 9.83. The number of nitrogen functional groups attached to an aromatic ring is 1. The van der Waals surface area contributed by atoms with Gasteiger partial charge < -0.3 is 76.7 Å². The molecule has 20 nitrogen and oxygen atoms in total. The van der Waals surface area contributed by atoms with Crippen LogP contribution in [0.4, 0.5) is 5.69 Å². The van der Waals surface area contributed by atoms with Crippen molar-refractivity contribution in [2.24, 2.45) is 29.4 Å². The van der Waals surface area contributed by atoms with Crippen LogP contribution in [0.25, 0.3) is 0 Å². The third-order valence-electron chi connectivity index (χ3n) is 14.0. The van der Waals surface area contributed by atoms with Crippen LogP contribution in [0.1, 0.15) is 115 Å². The van der Waals surface area contributed by atoms with Crippen LogP contribution < -0.4 is 11.5 Å². The first-order chi connectivity index (χ1) is 37.4. The minimum Gasteiger partial charge on any atom is -0.481 e. The van der Waals surface area contributed by atoms with Crippen molar-refractivity contribution < 1.29 is 89.2 Å². The van der Waals surface area contributed by atoms with E-state index >= 15 is 0 Å². The molecule has 0 spiro atoms. The predicted molar refractivity (Wildman–Crippen MR) is 294 cm³/mol. The minimum absolute atomic E-state index is 0.0526. The lowest BCUT2D eigenvalue weighted by Gasteiger charge is -2.41. The van der Waals surface area contributed by atoms with Crippen molar-refractivity contribution in [1.82, 2.24) is 0 Å². The van der Waals surface area contributed by atoms with Gasteiger partial charge in [-0.15, -0.1) is 0 Å². The molecule has 0 aromatic heterocycles. The average molecular weight is 1110 g/mol. The Morgan fingerprint density at radius 1 is 0.684 bits per heavy atom. The van der Waals surface area contributed by atoms with Crippen LogP contribution in [-0.4, -0.2) is 166 Å². The molecule has 1 saturated heterocycles. The molecule has 1 fully saturated rings. The topological polar surface area (TPSA) is 367 Å². The predicted octanol–water partition coefficient (Wildman–Crippen LogP) is 3.40. The Morgan fingerprint density at radius 2 is 1.23 bits per heavy atom. The molecule has 1 aromatic carbocycles. The number of aliphatic hydroxyl groups excluding tert-OH is 9. The first kappa shape index (κ1) is 67.9. The Kier molecular flexibility index (Phi) is 30.5. The van der Waals surface area contributed by atoms with Gasteiger partial charge in [-0.1, -0.05) is 106 Å². The van der Waals surface area contributed by atoms with Crippen molar-refractivity contribution in [2.45, 2.75) is 190 Å². The molecule has 0 saturated carbocycles. The summed E-state index contributed by atoms with van der Waals surface area (Å²) >= 11 is 0. The zero-order chi connectivity index (χ0) is 58.8. The van der Waals surface area contributed by atoms with Gasteiger partial charge in [-0.25, -0.2) is 0 Å². The molecule has 2 aliphatic rings. The minimum atomic E-state index is -1.95. The molecular formula is C59H86N2O18. The molecule has 2 aliphatic heterocycles. The van der Waals surface area contributed by atoms with Crippen LogP contribution in [0.3, 0.4) is 0 Å². The Morgan fingerprint density at radius 3 is 1.80 bits per heavy atom. The van der Waals surface area contributed by atoms with Crippen LogP contribution in [0, 0.1) is 23.7 Å². The number of carbonyl (C=O) groups excluding carboxylic acids is 4. The van der Waals surface area contributed by atoms with E-state index in [-0.39, 0.29) is 68.5 Å². The van der Waals surface area contributed by atoms with Crippen molar-refractivity contribution in [3.63, 3.8) is 0 Å². The zero-order valence-corrected chi connectivity index (χ0v) is 45.7. The number of rotatable bonds is 10. The molecule has 0 bridgehead atoms. The van der Waals surface area contributed by atoms with Crippen LogP contribution in [-0.2, 0) is 33.4 Å². The Balaban J connectivity index is 1.82. The number of carboxylic acid groups (broad SMARTS) is 1. The summed E-state index contributed by atoms with van der Waals surface area (Å²) in [6.07, 6.45) is 3.96. The van der Waals surface area contributed by atoms with Gasteiger partial charge in [0.05, 0.1) is 73.5 Å². The summed E-state index contributed by atoms with van der Waals surface area (Å²) in [7, 11) is 0. The molecule has 79 heavy (non-hydrogen) atoms. The van der Waals surface area contributed by atoms with Gasteiger partial charge in [0, 0.05) is 55.7 Å². The fraction of sp³-hybridized carbons (Fsp3) is 0.576. The maximum atomic E-state index is 13.3. The Hall–Kier alpha value is -5.33. The molecule has 0 aliphatic carbocycles. The normalized spacial score (nSPS) is 32.8. The van der Waals surface area contributed by atoms with E-state index in [0.29, 0.717) is 17.7 Å². The standard InChI is InChI=1S/C59H86N2O18/c1-35-18-15-13-11-9-7-5-6-8-10-12-14-16-21-47(78-59-56(74)54(61)55(73)38(4)77-59)33-51(71)53(58(75)76)50(70)31-46(67)30-45(66)29-44(65)28-43(64)27-41(62)19-17-20-42(63)32-52(72)79-57(35)37(3)26-36(2)48(68)34-49(69)39-22-24-40(60)25-23-39/h5-16,18,21-25,35-38,42-45,47-48,50-51,53-57,59,63-66,68,70-71,73-74H,17,19-20,26-34,60-61H2,1-4H3,(H,75,76)/t35-,36-,37-,38+,42?,43-,44-,45-,47-,48-,50-,51-,53+,54-,55+,56-,57-,59-/m0/s1. The molecule has 14 N–H and O–H groups in total. The fourth-order valence-corrected chi connectivity index (χ4v) is 9.47. The van der Waals surface area contributed by atoms with E-state index < -0.39 is 141 Å². The summed E-state index contributed by atoms with van der Waals surface area (Å²) in [6, 6.07) is 5.27. The number of carbonyl (C=O) groups is 5. The fourth-order valence-electron chi connectivity index (χ4n) is 9.47. The van der Waals surface area contributed by atoms with Crippen LogP contribution >= 0.6 is 0 Å². The number of benzene rings is 1. The number of cyclic esters (lactones) is 1. The summed E-state index contributed by atoms with van der Waals surface area (Å²) in [5.74, 6) is -6.71. The molecule has 1 unspecified atom stereocenters. The number of aliphatic hydroxyl groups is 9. The summed E-state index contributed by atoms with van der Waals surface area (Å²) in [6.45, 7) is 7.08. The quantitative estimate of drug-likeness (QED) is 0.0907. The Labute approximate surface area is 463 Å². The largest absolute Gasteiger partial charge is 0.481 e. The monoisotopic (exact) mass is 1110 g/mol. The maximum Gasteiger partial charge on any atom is 0.311 e. The number of allylic oxidation sites excluding steroid dienone is 12. The molecule has 3 rings (SSSR count). The second kappa shape index (κ2) is 35.4. The van der Waals surface area contributed by atoms with Gasteiger partial charge in [-0.2, -0.15) is 0 Å². The first-order valence-corrected chi connectivity index (χ1v) is 27.1. The van der Waals surface area contributed by atoms with Crippen LogP contribution in [0.15, 0.2) is 109 Å². The summed E-state index contributed by atoms with van der Waals surface area (Å²) in [5.41, 5.74) is 12.7. The summed E-state index contributed by atoms with van der Waals surface area (Å²) in [4.78, 5) is 64.4. The van der Waals surface area contributed by atoms with E-state index in [0.717, 1.165) is 0 Å². The van der Waals surface area contributed by atoms with E-state index in [4.69, 9.17) is 25.7 Å². The highest BCUT2D eigenvalue weighted by atomic mass is 16.7. The van der Waals surface area contributed by atoms with Gasteiger partial charge in [0.1, 0.15) is 29.7 Å². The first-order valence-electron chi connectivity index (χ1n) is 27.1. The number of hydrogen-bond acceptors (Lipinski definition) is 19. The molecule has 0 amide bonds. The van der Waals surface area contributed by atoms with Gasteiger partial charge in [0.15, 0.2) is 12.1 Å². The van der Waals surface area contributed by atoms with E-state index in [9.17, 15) is 75.0 Å². The van der Waals surface area contributed by atoms with Crippen molar-refractivity contribution in [3.8, 4) is 0 Å². The highest BCUT2D eigenvalue weighted by Gasteiger charge is 2.43. The van der Waals surface area contributed by atoms with Gasteiger partial charge in [-0.3, -0.25) is 24.0 Å². The number of nitrogens with two attached hydrogens (primary N) is 2. The number of Topliss-reactive ketones (excluding diaryl/α,β-unsaturated/α-hetero) is 3. The molecule has 440 valence electrons. The van der Waals surface area contributed by atoms with Crippen LogP contribution in [0.2, 0.25) is 0 Å². The smallest absolute Gasteiger partial charge is 0.311 e. The third-order valence-corrected chi connectivity index (χ3v) is 14.0. The number of ketones is 3. The number of hydrogen-bond donors (Lipinski definition) is 12. The number of esters is 1. The molecule has 0 radical (unpaired) electrons. The van der Waals surface area contributed by atoms with Crippen LogP contribution in [0.5, 0.6) is 0 Å². The average Bonchev–Trinajstić information content (AvgIpc) is 3.36.